The number of hydrogen-bond donors (Lipinski definition) is 2. The van der Waals surface area contributed by atoms with E-state index in [0.29, 0.717) is 5.69 Å². The highest BCUT2D eigenvalue weighted by Crippen LogP contribution is 2.32. The summed E-state index contributed by atoms with van der Waals surface area (Å²) >= 11 is 0. The summed E-state index contributed by atoms with van der Waals surface area (Å²) in [5.41, 5.74) is 3.56. The molecule has 0 aliphatic rings. The van der Waals surface area contributed by atoms with Crippen molar-refractivity contribution in [2.45, 2.75) is 51.3 Å². The van der Waals surface area contributed by atoms with Crippen LogP contribution in [0.4, 0.5) is 10.5 Å². The van der Waals surface area contributed by atoms with E-state index in [-0.39, 0.29) is 16.7 Å². The van der Waals surface area contributed by atoms with E-state index in [2.05, 4.69) is 10.0 Å². The van der Waals surface area contributed by atoms with Gasteiger partial charge in [-0.3, -0.25) is 0 Å². The summed E-state index contributed by atoms with van der Waals surface area (Å²) in [6.45, 7) is 10.0. The molecule has 2 aromatic carbocycles. The lowest BCUT2D eigenvalue weighted by Gasteiger charge is -2.20. The zero-order valence-corrected chi connectivity index (χ0v) is 16.6. The van der Waals surface area contributed by atoms with Gasteiger partial charge in [0.25, 0.3) is 10.0 Å². The normalized spacial score (nSPS) is 11.7. The Kier molecular flexibility index (Phi) is 6.08. The van der Waals surface area contributed by atoms with Gasteiger partial charge in [-0.1, -0.05) is 63.6 Å². The molecule has 2 N–H and O–H groups in total. The maximum Gasteiger partial charge on any atom is 0.333 e. The first-order valence-corrected chi connectivity index (χ1v) is 10.1. The number of hydrogen-bond acceptors (Lipinski definition) is 3. The molecule has 140 valence electrons. The third-order valence-electron chi connectivity index (χ3n) is 4.17. The van der Waals surface area contributed by atoms with Gasteiger partial charge in [-0.15, -0.1) is 0 Å². The number of carbonyl (C=O) groups excluding carboxylic acids is 1. The van der Waals surface area contributed by atoms with Crippen LogP contribution in [0.2, 0.25) is 0 Å². The van der Waals surface area contributed by atoms with Crippen molar-refractivity contribution in [2.75, 3.05) is 5.32 Å². The maximum atomic E-state index is 12.4. The molecule has 0 atom stereocenters. The Morgan fingerprint density at radius 2 is 1.38 bits per heavy atom. The van der Waals surface area contributed by atoms with Crippen molar-refractivity contribution in [2.24, 2.45) is 0 Å². The lowest BCUT2D eigenvalue weighted by Crippen LogP contribution is -2.35. The van der Waals surface area contributed by atoms with E-state index in [1.165, 1.54) is 12.1 Å². The highest BCUT2D eigenvalue weighted by molar-refractivity contribution is 7.90. The van der Waals surface area contributed by atoms with Crippen LogP contribution in [-0.2, 0) is 10.0 Å². The van der Waals surface area contributed by atoms with Gasteiger partial charge in [-0.25, -0.2) is 17.9 Å². The predicted molar refractivity (Wildman–Crippen MR) is 105 cm³/mol. The molecule has 2 amide bonds. The van der Waals surface area contributed by atoms with E-state index in [4.69, 9.17) is 0 Å². The van der Waals surface area contributed by atoms with Gasteiger partial charge in [0.05, 0.1) is 4.90 Å². The number of para-hydroxylation sites is 1. The summed E-state index contributed by atoms with van der Waals surface area (Å²) in [7, 11) is -3.92. The number of anilines is 1. The molecule has 2 aromatic rings. The number of amides is 2. The second-order valence-electron chi connectivity index (χ2n) is 6.99. The van der Waals surface area contributed by atoms with E-state index < -0.39 is 16.1 Å². The van der Waals surface area contributed by atoms with E-state index in [9.17, 15) is 13.2 Å². The first-order chi connectivity index (χ1) is 12.1. The van der Waals surface area contributed by atoms with Gasteiger partial charge in [-0.05, 0) is 42.0 Å². The second kappa shape index (κ2) is 7.91. The lowest BCUT2D eigenvalue weighted by molar-refractivity contribution is 0.256. The summed E-state index contributed by atoms with van der Waals surface area (Å²) in [4.78, 5) is 12.5. The third-order valence-corrected chi connectivity index (χ3v) is 5.52. The average Bonchev–Trinajstić information content (AvgIpc) is 2.54. The number of aryl methyl sites for hydroxylation is 1. The minimum atomic E-state index is -3.92. The van der Waals surface area contributed by atoms with E-state index in [0.717, 1.165) is 16.7 Å². The molecule has 0 spiro atoms. The Balaban J connectivity index is 2.29. The van der Waals surface area contributed by atoms with Crippen LogP contribution in [0.3, 0.4) is 0 Å². The number of sulfonamides is 1. The van der Waals surface area contributed by atoms with Gasteiger partial charge >= 0.3 is 6.03 Å². The highest BCUT2D eigenvalue weighted by Gasteiger charge is 2.20. The van der Waals surface area contributed by atoms with Gasteiger partial charge < -0.3 is 5.32 Å². The lowest BCUT2D eigenvalue weighted by atomic mass is 9.93. The van der Waals surface area contributed by atoms with E-state index in [1.54, 1.807) is 12.1 Å². The molecule has 0 bridgehead atoms. The van der Waals surface area contributed by atoms with Gasteiger partial charge in [-0.2, -0.15) is 0 Å². The van der Waals surface area contributed by atoms with E-state index >= 15 is 0 Å². The van der Waals surface area contributed by atoms with Gasteiger partial charge in [0.2, 0.25) is 0 Å². The fourth-order valence-corrected chi connectivity index (χ4v) is 3.64. The summed E-state index contributed by atoms with van der Waals surface area (Å²) in [6, 6.07) is 11.4. The molecule has 0 radical (unpaired) electrons. The minimum Gasteiger partial charge on any atom is -0.307 e. The largest absolute Gasteiger partial charge is 0.333 e. The zero-order valence-electron chi connectivity index (χ0n) is 15.8. The Bertz CT molecular complexity index is 860. The van der Waals surface area contributed by atoms with Crippen LogP contribution in [0.15, 0.2) is 47.4 Å². The van der Waals surface area contributed by atoms with Crippen molar-refractivity contribution < 1.29 is 13.2 Å². The van der Waals surface area contributed by atoms with Crippen LogP contribution in [-0.4, -0.2) is 14.4 Å². The molecule has 0 saturated heterocycles. The number of nitrogens with one attached hydrogen (secondary N) is 2. The number of benzene rings is 2. The molecule has 0 unspecified atom stereocenters. The monoisotopic (exact) mass is 374 g/mol. The molecule has 2 rings (SSSR count). The molecule has 5 nitrogen and oxygen atoms in total. The summed E-state index contributed by atoms with van der Waals surface area (Å²) in [5.74, 6) is 0.385. The summed E-state index contributed by atoms with van der Waals surface area (Å²) < 4.78 is 26.9. The Labute approximate surface area is 155 Å². The van der Waals surface area contributed by atoms with Crippen LogP contribution < -0.4 is 10.0 Å². The van der Waals surface area contributed by atoms with Crippen LogP contribution in [0.5, 0.6) is 0 Å². The van der Waals surface area contributed by atoms with Crippen LogP contribution >= 0.6 is 0 Å². The molecular weight excluding hydrogens is 348 g/mol. The van der Waals surface area contributed by atoms with Crippen molar-refractivity contribution in [3.05, 3.63) is 59.2 Å². The number of rotatable bonds is 5. The number of carbonyl (C=O) groups is 1. The van der Waals surface area contributed by atoms with Crippen molar-refractivity contribution in [3.8, 4) is 0 Å². The van der Waals surface area contributed by atoms with Gasteiger partial charge in [0, 0.05) is 5.69 Å². The number of urea groups is 1. The van der Waals surface area contributed by atoms with Crippen molar-refractivity contribution in [1.82, 2.24) is 4.72 Å². The maximum absolute atomic E-state index is 12.4. The summed E-state index contributed by atoms with van der Waals surface area (Å²) in [6.07, 6.45) is 0. The van der Waals surface area contributed by atoms with E-state index in [1.807, 2.05) is 52.8 Å². The van der Waals surface area contributed by atoms with Crippen molar-refractivity contribution >= 4 is 21.7 Å². The third kappa shape index (κ3) is 4.64. The zero-order chi connectivity index (χ0) is 19.5. The van der Waals surface area contributed by atoms with Crippen molar-refractivity contribution in [1.29, 1.82) is 0 Å². The molecule has 0 heterocycles. The average molecular weight is 375 g/mol. The highest BCUT2D eigenvalue weighted by atomic mass is 32.2. The van der Waals surface area contributed by atoms with Gasteiger partial charge in [0.15, 0.2) is 0 Å². The molecule has 0 saturated carbocycles. The fraction of sp³-hybridized carbons (Fsp3) is 0.350. The molecule has 0 aromatic heterocycles. The van der Waals surface area contributed by atoms with Crippen LogP contribution in [0.25, 0.3) is 0 Å². The van der Waals surface area contributed by atoms with Crippen LogP contribution in [0.1, 0.15) is 56.2 Å². The van der Waals surface area contributed by atoms with Crippen molar-refractivity contribution in [3.63, 3.8) is 0 Å². The van der Waals surface area contributed by atoms with Crippen LogP contribution in [0, 0.1) is 6.92 Å². The predicted octanol–water partition coefficient (Wildman–Crippen LogP) is 4.75. The molecule has 0 aliphatic carbocycles. The van der Waals surface area contributed by atoms with Gasteiger partial charge in [0.1, 0.15) is 0 Å². The topological polar surface area (TPSA) is 75.3 Å². The minimum absolute atomic E-state index is 0.0551. The molecule has 0 fully saturated rings. The first-order valence-electron chi connectivity index (χ1n) is 8.65. The second-order valence-corrected chi connectivity index (χ2v) is 8.68. The summed E-state index contributed by atoms with van der Waals surface area (Å²) in [5, 5.41) is 2.75. The standard InChI is InChI=1S/C20H26N2O3S/c1-13(2)17-7-6-8-18(14(3)4)19(17)21-20(23)22-26(24,25)16-11-9-15(5)10-12-16/h6-14H,1-5H3,(H2,21,22,23). The SMILES string of the molecule is Cc1ccc(S(=O)(=O)NC(=O)Nc2c(C(C)C)cccc2C(C)C)cc1. The Hall–Kier alpha value is -2.34. The molecule has 0 aliphatic heterocycles. The molecular formula is C20H26N2O3S. The Morgan fingerprint density at radius 1 is 0.885 bits per heavy atom. The quantitative estimate of drug-likeness (QED) is 0.793. The first kappa shape index (κ1) is 20.0. The molecule has 6 heteroatoms. The Morgan fingerprint density at radius 3 is 1.85 bits per heavy atom. The molecule has 26 heavy (non-hydrogen) atoms. The smallest absolute Gasteiger partial charge is 0.307 e. The fourth-order valence-electron chi connectivity index (χ4n) is 2.73.